The summed E-state index contributed by atoms with van der Waals surface area (Å²) in [5, 5.41) is 8.26. The Balaban J connectivity index is 1.56. The topological polar surface area (TPSA) is 69.7 Å². The van der Waals surface area contributed by atoms with E-state index in [1.165, 1.54) is 16.6 Å². The molecule has 7 heteroatoms. The highest BCUT2D eigenvalue weighted by Gasteiger charge is 2.24. The van der Waals surface area contributed by atoms with Gasteiger partial charge in [0, 0.05) is 48.1 Å². The molecule has 2 aromatic heterocycles. The monoisotopic (exact) mass is 355 g/mol. The number of para-hydroxylation sites is 1. The highest BCUT2D eigenvalue weighted by atomic mass is 32.1. The maximum absolute atomic E-state index is 12.8. The zero-order chi connectivity index (χ0) is 17.4. The number of nitrogens with one attached hydrogen (secondary N) is 2. The summed E-state index contributed by atoms with van der Waals surface area (Å²) in [4.78, 5) is 18.3. The summed E-state index contributed by atoms with van der Waals surface area (Å²) in [5.74, 6) is 0.941. The van der Waals surface area contributed by atoms with Crippen LogP contribution in [0.2, 0.25) is 0 Å². The lowest BCUT2D eigenvalue weighted by molar-refractivity contribution is -0.132. The van der Waals surface area contributed by atoms with Crippen LogP contribution >= 0.6 is 12.2 Å². The predicted molar refractivity (Wildman–Crippen MR) is 98.8 cm³/mol. The van der Waals surface area contributed by atoms with Crippen LogP contribution < -0.4 is 0 Å². The normalized spacial score (nSPS) is 14.0. The molecule has 130 valence electrons. The molecule has 1 amide bonds. The average molecular weight is 355 g/mol. The van der Waals surface area contributed by atoms with E-state index in [1.54, 1.807) is 0 Å². The van der Waals surface area contributed by atoms with Crippen molar-refractivity contribution in [2.24, 2.45) is 0 Å². The highest BCUT2D eigenvalue weighted by molar-refractivity contribution is 7.71. The number of aryl methyl sites for hydroxylation is 1. The van der Waals surface area contributed by atoms with E-state index >= 15 is 0 Å². The molecule has 0 spiro atoms. The minimum absolute atomic E-state index is 0.0887. The van der Waals surface area contributed by atoms with Crippen molar-refractivity contribution >= 4 is 29.0 Å². The number of aromatic amines is 2. The molecule has 3 heterocycles. The number of amides is 1. The number of hydrogen-bond donors (Lipinski definition) is 2. The number of nitrogens with zero attached hydrogens (tertiary/aromatic N) is 3. The summed E-state index contributed by atoms with van der Waals surface area (Å²) in [6, 6.07) is 8.27. The van der Waals surface area contributed by atoms with Crippen LogP contribution in [0.4, 0.5) is 0 Å². The molecule has 0 atom stereocenters. The van der Waals surface area contributed by atoms with E-state index in [0.717, 1.165) is 37.1 Å². The molecule has 25 heavy (non-hydrogen) atoms. The smallest absolute Gasteiger partial charge is 0.242 e. The first-order valence-corrected chi connectivity index (χ1v) is 9.08. The van der Waals surface area contributed by atoms with E-state index in [2.05, 4.69) is 34.2 Å². The van der Waals surface area contributed by atoms with Crippen LogP contribution in [0.5, 0.6) is 0 Å². The first-order chi connectivity index (χ1) is 12.2. The van der Waals surface area contributed by atoms with E-state index in [1.807, 2.05) is 21.6 Å². The lowest BCUT2D eigenvalue weighted by Crippen LogP contribution is -2.38. The van der Waals surface area contributed by atoms with Crippen molar-refractivity contribution in [3.63, 3.8) is 0 Å². The van der Waals surface area contributed by atoms with Crippen molar-refractivity contribution in [2.75, 3.05) is 6.54 Å². The highest BCUT2D eigenvalue weighted by Crippen LogP contribution is 2.27. The van der Waals surface area contributed by atoms with E-state index in [-0.39, 0.29) is 12.5 Å². The van der Waals surface area contributed by atoms with E-state index in [9.17, 15) is 4.79 Å². The van der Waals surface area contributed by atoms with Gasteiger partial charge >= 0.3 is 0 Å². The molecule has 2 N–H and O–H groups in total. The Labute approximate surface area is 150 Å². The Hall–Kier alpha value is -2.41. The van der Waals surface area contributed by atoms with Gasteiger partial charge in [0.25, 0.3) is 0 Å². The van der Waals surface area contributed by atoms with Crippen molar-refractivity contribution in [1.29, 1.82) is 0 Å². The molecule has 0 saturated carbocycles. The van der Waals surface area contributed by atoms with Gasteiger partial charge in [-0.2, -0.15) is 5.10 Å². The molecular weight excluding hydrogens is 334 g/mol. The second-order valence-corrected chi connectivity index (χ2v) is 6.86. The number of aromatic nitrogens is 4. The van der Waals surface area contributed by atoms with E-state index < -0.39 is 0 Å². The van der Waals surface area contributed by atoms with Crippen LogP contribution in [0.15, 0.2) is 24.3 Å². The van der Waals surface area contributed by atoms with E-state index in [4.69, 9.17) is 12.2 Å². The second kappa shape index (κ2) is 6.48. The molecular formula is C18H21N5OS. The van der Waals surface area contributed by atoms with Gasteiger partial charge in [0.2, 0.25) is 5.91 Å². The largest absolute Gasteiger partial charge is 0.358 e. The summed E-state index contributed by atoms with van der Waals surface area (Å²) in [6.45, 7) is 3.72. The van der Waals surface area contributed by atoms with Gasteiger partial charge in [-0.05, 0) is 24.7 Å². The third-order valence-electron chi connectivity index (χ3n) is 4.84. The van der Waals surface area contributed by atoms with Crippen molar-refractivity contribution in [3.8, 4) is 0 Å². The molecule has 1 aliphatic heterocycles. The molecule has 0 unspecified atom stereocenters. The fraction of sp³-hybridized carbons (Fsp3) is 0.389. The quantitative estimate of drug-likeness (QED) is 0.707. The molecule has 0 bridgehead atoms. The zero-order valence-electron chi connectivity index (χ0n) is 14.2. The standard InChI is InChI=1S/C18H21N5OS/c1-2-5-16-20-21-18(25)23(16)11-17(24)22-9-8-15-13(10-22)12-6-3-4-7-14(12)19-15/h3-4,6-7,19H,2,5,8-11H2,1H3,(H,21,25). The van der Waals surface area contributed by atoms with Crippen molar-refractivity contribution < 1.29 is 4.79 Å². The molecule has 6 nitrogen and oxygen atoms in total. The van der Waals surface area contributed by atoms with Crippen molar-refractivity contribution in [2.45, 2.75) is 39.3 Å². The van der Waals surface area contributed by atoms with Crippen molar-refractivity contribution in [3.05, 3.63) is 46.1 Å². The van der Waals surface area contributed by atoms with Crippen LogP contribution in [-0.2, 0) is 30.7 Å². The molecule has 3 aromatic rings. The van der Waals surface area contributed by atoms with Crippen LogP contribution in [0.1, 0.15) is 30.4 Å². The summed E-state index contributed by atoms with van der Waals surface area (Å²) < 4.78 is 2.34. The lowest BCUT2D eigenvalue weighted by Gasteiger charge is -2.27. The Morgan fingerprint density at radius 3 is 3.04 bits per heavy atom. The zero-order valence-corrected chi connectivity index (χ0v) is 15.0. The number of rotatable bonds is 4. The number of hydrogen-bond acceptors (Lipinski definition) is 3. The predicted octanol–water partition coefficient (Wildman–Crippen LogP) is 2.96. The number of carbonyl (C=O) groups is 1. The Bertz CT molecular complexity index is 983. The maximum Gasteiger partial charge on any atom is 0.242 e. The number of carbonyl (C=O) groups excluding carboxylic acids is 1. The van der Waals surface area contributed by atoms with Gasteiger partial charge in [-0.1, -0.05) is 25.1 Å². The van der Waals surface area contributed by atoms with Gasteiger partial charge in [-0.25, -0.2) is 0 Å². The first-order valence-electron chi connectivity index (χ1n) is 8.67. The fourth-order valence-electron chi connectivity index (χ4n) is 3.54. The van der Waals surface area contributed by atoms with Gasteiger partial charge < -0.3 is 9.88 Å². The average Bonchev–Trinajstić information content (AvgIpc) is 3.16. The summed E-state index contributed by atoms with van der Waals surface area (Å²) in [7, 11) is 0. The molecule has 0 radical (unpaired) electrons. The Morgan fingerprint density at radius 1 is 1.36 bits per heavy atom. The van der Waals surface area contributed by atoms with Gasteiger partial charge in [-0.15, -0.1) is 0 Å². The van der Waals surface area contributed by atoms with E-state index in [0.29, 0.717) is 11.3 Å². The molecule has 4 rings (SSSR count). The van der Waals surface area contributed by atoms with Gasteiger partial charge in [0.15, 0.2) is 4.77 Å². The second-order valence-electron chi connectivity index (χ2n) is 6.47. The molecule has 1 aliphatic rings. The molecule has 0 fully saturated rings. The third kappa shape index (κ3) is 2.89. The molecule has 1 aromatic carbocycles. The third-order valence-corrected chi connectivity index (χ3v) is 5.15. The minimum Gasteiger partial charge on any atom is -0.358 e. The van der Waals surface area contributed by atoms with Crippen LogP contribution in [0, 0.1) is 4.77 Å². The minimum atomic E-state index is 0.0887. The SMILES string of the molecule is CCCc1n[nH]c(=S)n1CC(=O)N1CCc2[nH]c3ccccc3c2C1. The Morgan fingerprint density at radius 2 is 2.20 bits per heavy atom. The number of benzene rings is 1. The number of H-pyrrole nitrogens is 2. The van der Waals surface area contributed by atoms with Crippen molar-refractivity contribution in [1.82, 2.24) is 24.6 Å². The lowest BCUT2D eigenvalue weighted by atomic mass is 10.0. The maximum atomic E-state index is 12.8. The van der Waals surface area contributed by atoms with Gasteiger partial charge in [-0.3, -0.25) is 14.5 Å². The summed E-state index contributed by atoms with van der Waals surface area (Å²) in [5.41, 5.74) is 3.63. The number of fused-ring (bicyclic) bond motifs is 3. The van der Waals surface area contributed by atoms with Gasteiger partial charge in [0.05, 0.1) is 0 Å². The summed E-state index contributed by atoms with van der Waals surface area (Å²) >= 11 is 5.29. The fourth-order valence-corrected chi connectivity index (χ4v) is 3.76. The Kier molecular flexibility index (Phi) is 4.17. The van der Waals surface area contributed by atoms with Gasteiger partial charge in [0.1, 0.15) is 12.4 Å². The van der Waals surface area contributed by atoms with Crippen LogP contribution in [0.25, 0.3) is 10.9 Å². The summed E-state index contributed by atoms with van der Waals surface area (Å²) in [6.07, 6.45) is 2.64. The first kappa shape index (κ1) is 16.1. The molecule has 0 saturated heterocycles. The van der Waals surface area contributed by atoms with Crippen LogP contribution in [-0.4, -0.2) is 37.1 Å². The van der Waals surface area contributed by atoms with Crippen LogP contribution in [0.3, 0.4) is 0 Å². The molecule has 0 aliphatic carbocycles.